The minimum atomic E-state index is 0.341. The Morgan fingerprint density at radius 3 is 2.44 bits per heavy atom. The molecule has 1 rings (SSSR count). The first-order valence-corrected chi connectivity index (χ1v) is 7.83. The zero-order chi connectivity index (χ0) is 13.1. The van der Waals surface area contributed by atoms with Crippen LogP contribution in [0.2, 0.25) is 0 Å². The van der Waals surface area contributed by atoms with Crippen LogP contribution in [0.5, 0.6) is 0 Å². The largest absolute Gasteiger partial charge is 0.343 e. The maximum atomic E-state index is 11.9. The second kappa shape index (κ2) is 10.4. The van der Waals surface area contributed by atoms with Gasteiger partial charge in [0.2, 0.25) is 5.91 Å². The summed E-state index contributed by atoms with van der Waals surface area (Å²) < 4.78 is 0. The van der Waals surface area contributed by atoms with E-state index >= 15 is 0 Å². The van der Waals surface area contributed by atoms with E-state index < -0.39 is 0 Å². The van der Waals surface area contributed by atoms with Crippen LogP contribution in [0.4, 0.5) is 0 Å². The van der Waals surface area contributed by atoms with Crippen molar-refractivity contribution in [3.63, 3.8) is 0 Å². The van der Waals surface area contributed by atoms with Crippen LogP contribution in [-0.2, 0) is 4.79 Å². The van der Waals surface area contributed by atoms with Crippen LogP contribution in [0.15, 0.2) is 0 Å². The molecule has 1 aliphatic rings. The third-order valence-corrected chi connectivity index (χ3v) is 3.68. The van der Waals surface area contributed by atoms with Crippen LogP contribution in [0, 0.1) is 0 Å². The van der Waals surface area contributed by atoms with Crippen molar-refractivity contribution in [2.24, 2.45) is 0 Å². The molecule has 3 nitrogen and oxygen atoms in total. The number of nitrogens with one attached hydrogen (secondary N) is 1. The van der Waals surface area contributed by atoms with Crippen LogP contribution in [0.1, 0.15) is 64.7 Å². The molecule has 0 aromatic heterocycles. The lowest BCUT2D eigenvalue weighted by Gasteiger charge is -2.26. The molecule has 0 bridgehead atoms. The number of nitrogens with zero attached hydrogens (tertiary/aromatic N) is 1. The van der Waals surface area contributed by atoms with E-state index in [1.807, 2.05) is 4.90 Å². The third kappa shape index (κ3) is 7.00. The lowest BCUT2D eigenvalue weighted by Crippen LogP contribution is -2.37. The van der Waals surface area contributed by atoms with Crippen molar-refractivity contribution < 1.29 is 4.79 Å². The van der Waals surface area contributed by atoms with Gasteiger partial charge >= 0.3 is 0 Å². The molecule has 0 atom stereocenters. The summed E-state index contributed by atoms with van der Waals surface area (Å²) in [7, 11) is 0. The van der Waals surface area contributed by atoms with Crippen LogP contribution in [0.25, 0.3) is 0 Å². The van der Waals surface area contributed by atoms with Crippen molar-refractivity contribution in [2.45, 2.75) is 64.7 Å². The maximum Gasteiger partial charge on any atom is 0.223 e. The van der Waals surface area contributed by atoms with Crippen molar-refractivity contribution >= 4 is 5.91 Å². The fraction of sp³-hybridized carbons (Fsp3) is 0.933. The van der Waals surface area contributed by atoms with Gasteiger partial charge in [-0.3, -0.25) is 4.79 Å². The zero-order valence-electron chi connectivity index (χ0n) is 12.0. The molecule has 0 radical (unpaired) electrons. The van der Waals surface area contributed by atoms with Crippen molar-refractivity contribution in [3.8, 4) is 0 Å². The number of likely N-dealkylation sites (tertiary alicyclic amines) is 1. The summed E-state index contributed by atoms with van der Waals surface area (Å²) in [4.78, 5) is 13.9. The number of rotatable bonds is 9. The van der Waals surface area contributed by atoms with Gasteiger partial charge in [-0.2, -0.15) is 0 Å². The molecule has 1 N–H and O–H groups in total. The van der Waals surface area contributed by atoms with Crippen LogP contribution >= 0.6 is 0 Å². The smallest absolute Gasteiger partial charge is 0.223 e. The highest BCUT2D eigenvalue weighted by molar-refractivity contribution is 5.76. The minimum absolute atomic E-state index is 0.341. The molecule has 0 aliphatic carbocycles. The average Bonchev–Trinajstić information content (AvgIpc) is 2.42. The minimum Gasteiger partial charge on any atom is -0.343 e. The first-order chi connectivity index (χ1) is 8.84. The highest BCUT2D eigenvalue weighted by atomic mass is 16.2. The summed E-state index contributed by atoms with van der Waals surface area (Å²) in [5.41, 5.74) is 0. The monoisotopic (exact) mass is 254 g/mol. The molecule has 0 saturated carbocycles. The van der Waals surface area contributed by atoms with Gasteiger partial charge in [0, 0.05) is 26.1 Å². The van der Waals surface area contributed by atoms with Crippen LogP contribution in [0.3, 0.4) is 0 Å². The molecule has 1 amide bonds. The predicted molar refractivity (Wildman–Crippen MR) is 76.7 cm³/mol. The number of carbonyl (C=O) groups excluding carboxylic acids is 1. The Morgan fingerprint density at radius 2 is 1.72 bits per heavy atom. The second-order valence-corrected chi connectivity index (χ2v) is 5.36. The fourth-order valence-electron chi connectivity index (χ4n) is 2.48. The van der Waals surface area contributed by atoms with Gasteiger partial charge in [0.1, 0.15) is 0 Å². The van der Waals surface area contributed by atoms with E-state index in [1.54, 1.807) is 0 Å². The molecular weight excluding hydrogens is 224 g/mol. The Morgan fingerprint density at radius 1 is 1.00 bits per heavy atom. The van der Waals surface area contributed by atoms with Gasteiger partial charge in [0.05, 0.1) is 0 Å². The summed E-state index contributed by atoms with van der Waals surface area (Å²) in [6.45, 7) is 6.12. The average molecular weight is 254 g/mol. The van der Waals surface area contributed by atoms with Crippen molar-refractivity contribution in [3.05, 3.63) is 0 Å². The Labute approximate surface area is 112 Å². The van der Waals surface area contributed by atoms with E-state index in [1.165, 1.54) is 51.4 Å². The van der Waals surface area contributed by atoms with E-state index in [-0.39, 0.29) is 0 Å². The topological polar surface area (TPSA) is 32.3 Å². The quantitative estimate of drug-likeness (QED) is 0.642. The first kappa shape index (κ1) is 15.5. The highest BCUT2D eigenvalue weighted by Gasteiger charge is 2.15. The van der Waals surface area contributed by atoms with Crippen LogP contribution in [-0.4, -0.2) is 37.0 Å². The standard InChI is InChI=1S/C15H30N2O/c1-2-3-4-5-7-11-16-12-10-15(18)17-13-8-6-9-14-17/h16H,2-14H2,1H3. The van der Waals surface area contributed by atoms with Gasteiger partial charge in [-0.1, -0.05) is 32.6 Å². The number of hydrogen-bond acceptors (Lipinski definition) is 2. The SMILES string of the molecule is CCCCCCCNCCC(=O)N1CCCCC1. The number of carbonyl (C=O) groups is 1. The zero-order valence-corrected chi connectivity index (χ0v) is 12.0. The maximum absolute atomic E-state index is 11.9. The van der Waals surface area contributed by atoms with Gasteiger partial charge in [-0.05, 0) is 32.2 Å². The Balaban J connectivity index is 1.89. The van der Waals surface area contributed by atoms with Crippen LogP contribution < -0.4 is 5.32 Å². The molecule has 3 heteroatoms. The van der Waals surface area contributed by atoms with E-state index in [0.29, 0.717) is 12.3 Å². The Hall–Kier alpha value is -0.570. The van der Waals surface area contributed by atoms with E-state index in [9.17, 15) is 4.79 Å². The molecule has 0 spiro atoms. The highest BCUT2D eigenvalue weighted by Crippen LogP contribution is 2.09. The van der Waals surface area contributed by atoms with Gasteiger partial charge in [-0.15, -0.1) is 0 Å². The van der Waals surface area contributed by atoms with Gasteiger partial charge in [0.15, 0.2) is 0 Å². The summed E-state index contributed by atoms with van der Waals surface area (Å²) in [6, 6.07) is 0. The molecule has 0 aromatic rings. The Bertz CT molecular complexity index is 213. The lowest BCUT2D eigenvalue weighted by atomic mass is 10.1. The molecule has 1 saturated heterocycles. The van der Waals surface area contributed by atoms with E-state index in [2.05, 4.69) is 12.2 Å². The predicted octanol–water partition coefficient (Wildman–Crippen LogP) is 2.95. The number of piperidine rings is 1. The Kier molecular flexibility index (Phi) is 8.92. The van der Waals surface area contributed by atoms with Crippen molar-refractivity contribution in [2.75, 3.05) is 26.2 Å². The number of unbranched alkanes of at least 4 members (excludes halogenated alkanes) is 4. The van der Waals surface area contributed by atoms with E-state index in [4.69, 9.17) is 0 Å². The molecule has 1 fully saturated rings. The molecular formula is C15H30N2O. The number of amides is 1. The van der Waals surface area contributed by atoms with Gasteiger partial charge < -0.3 is 10.2 Å². The molecule has 1 aliphatic heterocycles. The molecule has 1 heterocycles. The molecule has 106 valence electrons. The molecule has 0 unspecified atom stereocenters. The lowest BCUT2D eigenvalue weighted by molar-refractivity contribution is -0.131. The fourth-order valence-corrected chi connectivity index (χ4v) is 2.48. The van der Waals surface area contributed by atoms with Crippen molar-refractivity contribution in [1.29, 1.82) is 0 Å². The molecule has 0 aromatic carbocycles. The molecule has 18 heavy (non-hydrogen) atoms. The van der Waals surface area contributed by atoms with Gasteiger partial charge in [-0.25, -0.2) is 0 Å². The summed E-state index contributed by atoms with van der Waals surface area (Å²) in [6.07, 6.45) is 10.9. The summed E-state index contributed by atoms with van der Waals surface area (Å²) in [5, 5.41) is 3.38. The first-order valence-electron chi connectivity index (χ1n) is 7.83. The van der Waals surface area contributed by atoms with Gasteiger partial charge in [0.25, 0.3) is 0 Å². The third-order valence-electron chi connectivity index (χ3n) is 3.68. The normalized spacial score (nSPS) is 15.9. The second-order valence-electron chi connectivity index (χ2n) is 5.36. The number of hydrogen-bond donors (Lipinski definition) is 1. The van der Waals surface area contributed by atoms with Crippen molar-refractivity contribution in [1.82, 2.24) is 10.2 Å². The summed E-state index contributed by atoms with van der Waals surface area (Å²) >= 11 is 0. The van der Waals surface area contributed by atoms with E-state index in [0.717, 1.165) is 26.2 Å². The summed E-state index contributed by atoms with van der Waals surface area (Å²) in [5.74, 6) is 0.341.